The first-order valence-corrected chi connectivity index (χ1v) is 6.27. The number of benzene rings is 1. The van der Waals surface area contributed by atoms with Crippen LogP contribution in [-0.2, 0) is 0 Å². The van der Waals surface area contributed by atoms with Gasteiger partial charge >= 0.3 is 0 Å². The van der Waals surface area contributed by atoms with Crippen LogP contribution in [0.3, 0.4) is 0 Å². The third-order valence-electron chi connectivity index (χ3n) is 2.90. The van der Waals surface area contributed by atoms with E-state index in [4.69, 9.17) is 4.42 Å². The molecule has 0 radical (unpaired) electrons. The molecule has 2 aromatic rings. The van der Waals surface area contributed by atoms with Gasteiger partial charge in [-0.25, -0.2) is 5.43 Å². The Hall–Kier alpha value is -2.62. The molecule has 0 aliphatic rings. The van der Waals surface area contributed by atoms with Gasteiger partial charge in [0.25, 0.3) is 5.91 Å². The molecular formula is C16H16N2O2. The first kappa shape index (κ1) is 13.8. The van der Waals surface area contributed by atoms with Gasteiger partial charge in [-0.3, -0.25) is 4.79 Å². The standard InChI is InChI=1S/C16H16N2O2/c1-12-7-8-14(11-13(12)2)16(19)18-17-9-3-5-15-6-4-10-20-15/h3-11H,1-2H3,(H,18,19)/b5-3+,17-9-. The highest BCUT2D eigenvalue weighted by Crippen LogP contribution is 2.09. The lowest BCUT2D eigenvalue weighted by Crippen LogP contribution is -2.17. The maximum Gasteiger partial charge on any atom is 0.271 e. The highest BCUT2D eigenvalue weighted by molar-refractivity contribution is 5.95. The molecule has 0 saturated heterocycles. The number of hydrogen-bond donors (Lipinski definition) is 1. The van der Waals surface area contributed by atoms with Gasteiger partial charge in [0.1, 0.15) is 5.76 Å². The first-order chi connectivity index (χ1) is 9.66. The summed E-state index contributed by atoms with van der Waals surface area (Å²) in [5, 5.41) is 3.85. The molecule has 0 aliphatic heterocycles. The average molecular weight is 268 g/mol. The second-order valence-electron chi connectivity index (χ2n) is 4.39. The molecule has 1 N–H and O–H groups in total. The Kier molecular flexibility index (Phi) is 4.50. The molecule has 0 fully saturated rings. The van der Waals surface area contributed by atoms with Crippen LogP contribution in [0.5, 0.6) is 0 Å². The Balaban J connectivity index is 1.90. The molecule has 0 atom stereocenters. The van der Waals surface area contributed by atoms with E-state index in [1.54, 1.807) is 30.5 Å². The van der Waals surface area contributed by atoms with Crippen LogP contribution in [0.4, 0.5) is 0 Å². The molecule has 1 aromatic heterocycles. The summed E-state index contributed by atoms with van der Waals surface area (Å²) in [5.41, 5.74) is 5.31. The van der Waals surface area contributed by atoms with Gasteiger partial charge < -0.3 is 4.42 Å². The van der Waals surface area contributed by atoms with Crippen molar-refractivity contribution in [3.05, 3.63) is 65.1 Å². The maximum absolute atomic E-state index is 11.8. The summed E-state index contributed by atoms with van der Waals surface area (Å²) in [6, 6.07) is 9.19. The van der Waals surface area contributed by atoms with E-state index in [9.17, 15) is 4.79 Å². The zero-order chi connectivity index (χ0) is 14.4. The number of carbonyl (C=O) groups is 1. The number of hydrazone groups is 1. The van der Waals surface area contributed by atoms with Gasteiger partial charge in [0, 0.05) is 11.8 Å². The zero-order valence-corrected chi connectivity index (χ0v) is 11.5. The lowest BCUT2D eigenvalue weighted by molar-refractivity contribution is 0.0955. The zero-order valence-electron chi connectivity index (χ0n) is 11.5. The van der Waals surface area contributed by atoms with Crippen molar-refractivity contribution in [1.82, 2.24) is 5.43 Å². The van der Waals surface area contributed by atoms with Crippen LogP contribution in [0.15, 0.2) is 52.2 Å². The van der Waals surface area contributed by atoms with E-state index in [0.717, 1.165) is 16.9 Å². The number of furan rings is 1. The monoisotopic (exact) mass is 268 g/mol. The number of carbonyl (C=O) groups excluding carboxylic acids is 1. The van der Waals surface area contributed by atoms with Gasteiger partial charge in [0.05, 0.1) is 6.26 Å². The van der Waals surface area contributed by atoms with Crippen LogP contribution in [-0.4, -0.2) is 12.1 Å². The fraction of sp³-hybridized carbons (Fsp3) is 0.125. The van der Waals surface area contributed by atoms with E-state index in [1.165, 1.54) is 6.21 Å². The fourth-order valence-electron chi connectivity index (χ4n) is 1.61. The van der Waals surface area contributed by atoms with Crippen LogP contribution in [0, 0.1) is 13.8 Å². The second kappa shape index (κ2) is 6.52. The summed E-state index contributed by atoms with van der Waals surface area (Å²) in [6.07, 6.45) is 6.55. The Labute approximate surface area is 117 Å². The third-order valence-corrected chi connectivity index (χ3v) is 2.90. The Morgan fingerprint density at radius 2 is 2.10 bits per heavy atom. The van der Waals surface area contributed by atoms with Gasteiger partial charge in [-0.15, -0.1) is 0 Å². The topological polar surface area (TPSA) is 54.6 Å². The van der Waals surface area contributed by atoms with Crippen LogP contribution >= 0.6 is 0 Å². The van der Waals surface area contributed by atoms with Crippen molar-refractivity contribution in [2.45, 2.75) is 13.8 Å². The molecule has 2 rings (SSSR count). The molecular weight excluding hydrogens is 252 g/mol. The van der Waals surface area contributed by atoms with Crippen molar-refractivity contribution in [2.24, 2.45) is 5.10 Å². The van der Waals surface area contributed by atoms with Crippen molar-refractivity contribution >= 4 is 18.2 Å². The van der Waals surface area contributed by atoms with E-state index in [-0.39, 0.29) is 5.91 Å². The SMILES string of the molecule is Cc1ccc(C(=O)N/N=C\C=C\c2ccco2)cc1C. The lowest BCUT2D eigenvalue weighted by Gasteiger charge is -2.03. The van der Waals surface area contributed by atoms with Crippen LogP contribution in [0.25, 0.3) is 6.08 Å². The second-order valence-corrected chi connectivity index (χ2v) is 4.39. The molecule has 4 nitrogen and oxygen atoms in total. The first-order valence-electron chi connectivity index (χ1n) is 6.27. The smallest absolute Gasteiger partial charge is 0.271 e. The Bertz CT molecular complexity index is 641. The summed E-state index contributed by atoms with van der Waals surface area (Å²) in [5.74, 6) is 0.507. The van der Waals surface area contributed by atoms with Crippen LogP contribution in [0.1, 0.15) is 27.2 Å². The van der Waals surface area contributed by atoms with Crippen LogP contribution < -0.4 is 5.43 Å². The highest BCUT2D eigenvalue weighted by Gasteiger charge is 2.04. The van der Waals surface area contributed by atoms with Crippen molar-refractivity contribution in [3.8, 4) is 0 Å². The molecule has 0 saturated carbocycles. The minimum absolute atomic E-state index is 0.226. The van der Waals surface area contributed by atoms with E-state index in [0.29, 0.717) is 5.56 Å². The predicted octanol–water partition coefficient (Wildman–Crippen LogP) is 3.33. The quantitative estimate of drug-likeness (QED) is 0.683. The number of hydrogen-bond acceptors (Lipinski definition) is 3. The van der Waals surface area contributed by atoms with E-state index >= 15 is 0 Å². The minimum Gasteiger partial charge on any atom is -0.465 e. The molecule has 4 heteroatoms. The van der Waals surface area contributed by atoms with Crippen molar-refractivity contribution < 1.29 is 9.21 Å². The summed E-state index contributed by atoms with van der Waals surface area (Å²) in [4.78, 5) is 11.8. The fourth-order valence-corrected chi connectivity index (χ4v) is 1.61. The minimum atomic E-state index is -0.226. The molecule has 1 heterocycles. The Morgan fingerprint density at radius 1 is 1.25 bits per heavy atom. The van der Waals surface area contributed by atoms with E-state index < -0.39 is 0 Å². The van der Waals surface area contributed by atoms with Crippen molar-refractivity contribution in [3.63, 3.8) is 0 Å². The summed E-state index contributed by atoms with van der Waals surface area (Å²) < 4.78 is 5.12. The maximum atomic E-state index is 11.8. The molecule has 0 bridgehead atoms. The molecule has 0 aliphatic carbocycles. The largest absolute Gasteiger partial charge is 0.465 e. The summed E-state index contributed by atoms with van der Waals surface area (Å²) in [7, 11) is 0. The predicted molar refractivity (Wildman–Crippen MR) is 79.6 cm³/mol. The number of aryl methyl sites for hydroxylation is 2. The van der Waals surface area contributed by atoms with Gasteiger partial charge in [-0.1, -0.05) is 6.07 Å². The summed E-state index contributed by atoms with van der Waals surface area (Å²) in [6.45, 7) is 3.98. The Morgan fingerprint density at radius 3 is 2.80 bits per heavy atom. The van der Waals surface area contributed by atoms with Gasteiger partial charge in [0.2, 0.25) is 0 Å². The normalized spacial score (nSPS) is 11.3. The average Bonchev–Trinajstić information content (AvgIpc) is 2.94. The van der Waals surface area contributed by atoms with E-state index in [1.807, 2.05) is 32.0 Å². The van der Waals surface area contributed by atoms with Crippen molar-refractivity contribution in [1.29, 1.82) is 0 Å². The number of allylic oxidation sites excluding steroid dienone is 1. The number of amides is 1. The molecule has 0 unspecified atom stereocenters. The lowest BCUT2D eigenvalue weighted by atomic mass is 10.1. The molecule has 20 heavy (non-hydrogen) atoms. The number of nitrogens with zero attached hydrogens (tertiary/aromatic N) is 1. The highest BCUT2D eigenvalue weighted by atomic mass is 16.3. The third kappa shape index (κ3) is 3.68. The van der Waals surface area contributed by atoms with Gasteiger partial charge in [-0.2, -0.15) is 5.10 Å². The van der Waals surface area contributed by atoms with Crippen molar-refractivity contribution in [2.75, 3.05) is 0 Å². The van der Waals surface area contributed by atoms with Crippen LogP contribution in [0.2, 0.25) is 0 Å². The summed E-state index contributed by atoms with van der Waals surface area (Å²) >= 11 is 0. The van der Waals surface area contributed by atoms with E-state index in [2.05, 4.69) is 10.5 Å². The van der Waals surface area contributed by atoms with Gasteiger partial charge in [-0.05, 0) is 61.4 Å². The molecule has 1 amide bonds. The number of rotatable bonds is 4. The molecule has 102 valence electrons. The van der Waals surface area contributed by atoms with Gasteiger partial charge in [0.15, 0.2) is 0 Å². The molecule has 1 aromatic carbocycles. The number of nitrogens with one attached hydrogen (secondary N) is 1. The molecule has 0 spiro atoms.